The maximum absolute atomic E-state index is 9.39. The van der Waals surface area contributed by atoms with Gasteiger partial charge in [0.05, 0.1) is 5.69 Å². The molecule has 0 aliphatic heterocycles. The van der Waals surface area contributed by atoms with Crippen LogP contribution in [0.5, 0.6) is 0 Å². The van der Waals surface area contributed by atoms with Gasteiger partial charge in [-0.25, -0.2) is 0 Å². The topological polar surface area (TPSA) is 39.2 Å². The summed E-state index contributed by atoms with van der Waals surface area (Å²) < 4.78 is 46.5. The predicted molar refractivity (Wildman–Crippen MR) is 144 cm³/mol. The number of nitrogens with zero attached hydrogens (tertiary/aromatic N) is 1. The van der Waals surface area contributed by atoms with Crippen molar-refractivity contribution in [3.05, 3.63) is 78.0 Å². The molecule has 0 spiro atoms. The molecule has 0 unspecified atom stereocenters. The van der Waals surface area contributed by atoms with Crippen LogP contribution in [0.25, 0.3) is 55.1 Å². The number of para-hydroxylation sites is 2. The Balaban J connectivity index is 1.42. The molecule has 1 aliphatic carbocycles. The van der Waals surface area contributed by atoms with Crippen molar-refractivity contribution in [1.82, 2.24) is 4.98 Å². The largest absolute Gasteiger partial charge is 0.456 e. The summed E-state index contributed by atoms with van der Waals surface area (Å²) in [6.45, 7) is 2.10. The van der Waals surface area contributed by atoms with Gasteiger partial charge in [0.25, 0.3) is 0 Å². The summed E-state index contributed by atoms with van der Waals surface area (Å²) in [6.07, 6.45) is 4.45. The molecule has 3 aromatic carbocycles. The molecular weight excluding hydrogens is 430 g/mol. The summed E-state index contributed by atoms with van der Waals surface area (Å²) in [5, 5.41) is 3.92. The van der Waals surface area contributed by atoms with Crippen molar-refractivity contribution in [2.45, 2.75) is 52.3 Å². The molecule has 3 nitrogen and oxygen atoms in total. The molecule has 35 heavy (non-hydrogen) atoms. The zero-order chi connectivity index (χ0) is 27.2. The molecule has 3 heteroatoms. The van der Waals surface area contributed by atoms with Crippen molar-refractivity contribution in [2.24, 2.45) is 5.41 Å². The van der Waals surface area contributed by atoms with E-state index in [2.05, 4.69) is 18.8 Å². The smallest absolute Gasteiger partial charge is 0.144 e. The Labute approximate surface area is 210 Å². The Kier molecular flexibility index (Phi) is 3.61. The summed E-state index contributed by atoms with van der Waals surface area (Å²) >= 11 is 0. The highest BCUT2D eigenvalue weighted by atomic mass is 16.3. The van der Waals surface area contributed by atoms with Gasteiger partial charge in [-0.1, -0.05) is 44.2 Å². The lowest BCUT2D eigenvalue weighted by atomic mass is 9.71. The predicted octanol–water partition coefficient (Wildman–Crippen LogP) is 9.54. The van der Waals surface area contributed by atoms with E-state index in [1.165, 1.54) is 6.20 Å². The molecule has 7 rings (SSSR count). The first-order valence-corrected chi connectivity index (χ1v) is 12.3. The average molecular weight is 464 g/mol. The summed E-state index contributed by atoms with van der Waals surface area (Å²) in [6, 6.07) is 19.8. The summed E-state index contributed by atoms with van der Waals surface area (Å²) in [5.74, 6) is -0.968. The fourth-order valence-electron chi connectivity index (χ4n) is 5.61. The molecule has 1 aliphatic rings. The monoisotopic (exact) mass is 463 g/mol. The van der Waals surface area contributed by atoms with Crippen LogP contribution in [-0.4, -0.2) is 4.98 Å². The molecule has 1 saturated carbocycles. The van der Waals surface area contributed by atoms with Crippen molar-refractivity contribution < 1.29 is 14.3 Å². The summed E-state index contributed by atoms with van der Waals surface area (Å²) in [5.41, 5.74) is 5.37. The van der Waals surface area contributed by atoms with E-state index in [9.17, 15) is 1.37 Å². The summed E-state index contributed by atoms with van der Waals surface area (Å²) in [4.78, 5) is 4.62. The van der Waals surface area contributed by atoms with Crippen molar-refractivity contribution in [3.8, 4) is 11.3 Å². The highest BCUT2D eigenvalue weighted by molar-refractivity contribution is 6.16. The van der Waals surface area contributed by atoms with Gasteiger partial charge >= 0.3 is 0 Å². The lowest BCUT2D eigenvalue weighted by molar-refractivity contribution is 0.224. The van der Waals surface area contributed by atoms with E-state index in [0.717, 1.165) is 56.7 Å². The van der Waals surface area contributed by atoms with Crippen LogP contribution in [0.2, 0.25) is 0 Å². The van der Waals surface area contributed by atoms with Gasteiger partial charge in [-0.3, -0.25) is 4.98 Å². The molecule has 0 amide bonds. The van der Waals surface area contributed by atoms with Gasteiger partial charge in [0, 0.05) is 38.8 Å². The van der Waals surface area contributed by atoms with E-state index < -0.39 is 12.7 Å². The molecule has 3 heterocycles. The fourth-order valence-corrected chi connectivity index (χ4v) is 5.61. The van der Waals surface area contributed by atoms with Gasteiger partial charge in [0.2, 0.25) is 0 Å². The Bertz CT molecular complexity index is 1900. The van der Waals surface area contributed by atoms with E-state index in [0.29, 0.717) is 29.7 Å². The second kappa shape index (κ2) is 7.45. The van der Waals surface area contributed by atoms with Crippen molar-refractivity contribution in [1.29, 1.82) is 0 Å². The number of aryl methyl sites for hydroxylation is 1. The lowest BCUT2D eigenvalue weighted by Gasteiger charge is -2.35. The maximum Gasteiger partial charge on any atom is 0.144 e. The SMILES string of the molecule is [2H]C([2H])([2H])c1cnc(-c2cccc3c2oc2cc4c(cc23)oc2ccccc24)cc1C1([2H])CCC(C)(C)CC1. The lowest BCUT2D eigenvalue weighted by Crippen LogP contribution is -2.20. The van der Waals surface area contributed by atoms with Crippen molar-refractivity contribution in [2.75, 3.05) is 0 Å². The fraction of sp³-hybridized carbons (Fsp3) is 0.281. The van der Waals surface area contributed by atoms with Crippen LogP contribution in [0.4, 0.5) is 0 Å². The third kappa shape index (κ3) is 3.29. The van der Waals surface area contributed by atoms with Crippen LogP contribution in [0.3, 0.4) is 0 Å². The number of hydrogen-bond acceptors (Lipinski definition) is 3. The van der Waals surface area contributed by atoms with Gasteiger partial charge in [-0.15, -0.1) is 0 Å². The van der Waals surface area contributed by atoms with Gasteiger partial charge < -0.3 is 8.83 Å². The number of rotatable bonds is 2. The van der Waals surface area contributed by atoms with Crippen LogP contribution in [-0.2, 0) is 0 Å². The van der Waals surface area contributed by atoms with Crippen LogP contribution in [0.15, 0.2) is 75.7 Å². The molecule has 0 atom stereocenters. The minimum Gasteiger partial charge on any atom is -0.456 e. The second-order valence-corrected chi connectivity index (χ2v) is 10.6. The normalized spacial score (nSPS) is 19.6. The molecule has 0 radical (unpaired) electrons. The summed E-state index contributed by atoms with van der Waals surface area (Å²) in [7, 11) is 0. The number of hydrogen-bond donors (Lipinski definition) is 0. The van der Waals surface area contributed by atoms with E-state index >= 15 is 0 Å². The first-order valence-electron chi connectivity index (χ1n) is 14.3. The van der Waals surface area contributed by atoms with Gasteiger partial charge in [-0.05, 0) is 85.3 Å². The Morgan fingerprint density at radius 1 is 0.857 bits per heavy atom. The van der Waals surface area contributed by atoms with Gasteiger partial charge in [0.15, 0.2) is 0 Å². The van der Waals surface area contributed by atoms with Crippen molar-refractivity contribution in [3.63, 3.8) is 0 Å². The molecule has 0 saturated heterocycles. The van der Waals surface area contributed by atoms with Gasteiger partial charge in [-0.2, -0.15) is 0 Å². The number of furan rings is 2. The minimum atomic E-state index is -2.34. The zero-order valence-corrected chi connectivity index (χ0v) is 19.9. The Hall–Kier alpha value is -3.59. The number of aromatic nitrogens is 1. The molecule has 6 aromatic rings. The van der Waals surface area contributed by atoms with E-state index in [1.54, 1.807) is 0 Å². The molecule has 0 bridgehead atoms. The standard InChI is InChI=1S/C32H29NO2/c1-19-18-33-27(15-24(19)20-11-13-32(2,3)14-12-20)23-9-6-8-22-26-17-29-25(16-30(26)35-31(22)23)21-7-4-5-10-28(21)34-29/h4-10,15-18,20H,11-14H2,1-3H3/i1D3,20D. The first-order chi connectivity index (χ1) is 18.5. The zero-order valence-electron chi connectivity index (χ0n) is 23.9. The van der Waals surface area contributed by atoms with Crippen LogP contribution in [0.1, 0.15) is 62.0 Å². The third-order valence-corrected chi connectivity index (χ3v) is 7.76. The van der Waals surface area contributed by atoms with Crippen LogP contribution >= 0.6 is 0 Å². The quantitative estimate of drug-likeness (QED) is 0.257. The van der Waals surface area contributed by atoms with Crippen molar-refractivity contribution >= 4 is 43.9 Å². The first kappa shape index (κ1) is 16.9. The molecule has 0 N–H and O–H groups in total. The Morgan fingerprint density at radius 3 is 2.43 bits per heavy atom. The number of pyridine rings is 1. The molecule has 3 aromatic heterocycles. The van der Waals surface area contributed by atoms with E-state index in [-0.39, 0.29) is 11.0 Å². The second-order valence-electron chi connectivity index (χ2n) is 10.6. The van der Waals surface area contributed by atoms with E-state index in [1.807, 2.05) is 60.7 Å². The number of benzene rings is 3. The molecular formula is C32H29NO2. The maximum atomic E-state index is 9.39. The third-order valence-electron chi connectivity index (χ3n) is 7.76. The molecule has 1 fully saturated rings. The highest BCUT2D eigenvalue weighted by Crippen LogP contribution is 2.44. The average Bonchev–Trinajstić information content (AvgIpc) is 3.46. The van der Waals surface area contributed by atoms with E-state index in [4.69, 9.17) is 12.9 Å². The number of fused-ring (bicyclic) bond motifs is 6. The molecule has 174 valence electrons. The van der Waals surface area contributed by atoms with Gasteiger partial charge in [0.1, 0.15) is 22.3 Å². The minimum absolute atomic E-state index is 0.158. The highest BCUT2D eigenvalue weighted by Gasteiger charge is 2.28. The van der Waals surface area contributed by atoms with Crippen LogP contribution < -0.4 is 0 Å². The Morgan fingerprint density at radius 2 is 1.60 bits per heavy atom. The van der Waals surface area contributed by atoms with Crippen LogP contribution in [0, 0.1) is 12.3 Å².